The van der Waals surface area contributed by atoms with Crippen LogP contribution in [0.4, 0.5) is 4.79 Å². The lowest BCUT2D eigenvalue weighted by atomic mass is 10.1. The van der Waals surface area contributed by atoms with Gasteiger partial charge in [0.05, 0.1) is 11.9 Å². The van der Waals surface area contributed by atoms with Crippen LogP contribution in [-0.2, 0) is 24.1 Å². The van der Waals surface area contributed by atoms with E-state index in [1.807, 2.05) is 36.5 Å². The fourth-order valence-corrected chi connectivity index (χ4v) is 3.08. The molecule has 0 bridgehead atoms. The largest absolute Gasteiger partial charge is 0.493 e. The van der Waals surface area contributed by atoms with Gasteiger partial charge >= 0.3 is 0 Å². The molecule has 6 heteroatoms. The Morgan fingerprint density at radius 2 is 1.96 bits per heavy atom. The maximum Gasteiger partial charge on any atom is 0.279 e. The summed E-state index contributed by atoms with van der Waals surface area (Å²) in [4.78, 5) is 26.9. The zero-order chi connectivity index (χ0) is 18.8. The molecule has 5 nitrogen and oxygen atoms in total. The molecule has 138 valence electrons. The van der Waals surface area contributed by atoms with E-state index in [2.05, 4.69) is 23.3 Å². The first-order chi connectivity index (χ1) is 12.6. The van der Waals surface area contributed by atoms with Crippen molar-refractivity contribution in [3.05, 3.63) is 59.4 Å². The fourth-order valence-electron chi connectivity index (χ4n) is 2.35. The van der Waals surface area contributed by atoms with Crippen LogP contribution in [0.15, 0.2) is 42.6 Å². The second-order valence-corrected chi connectivity index (χ2v) is 7.00. The molecule has 0 fully saturated rings. The first-order valence-electron chi connectivity index (χ1n) is 8.63. The van der Waals surface area contributed by atoms with Gasteiger partial charge in [0.1, 0.15) is 12.0 Å². The van der Waals surface area contributed by atoms with Gasteiger partial charge in [-0.25, -0.2) is 0 Å². The number of nitrogens with one attached hydrogen (secondary N) is 1. The first-order valence-corrected chi connectivity index (χ1v) is 9.51. The predicted molar refractivity (Wildman–Crippen MR) is 105 cm³/mol. The molecular weight excluding hydrogens is 348 g/mol. The number of hydrogen-bond donors (Lipinski definition) is 1. The normalized spacial score (nSPS) is 11.6. The number of hydrogen-bond acceptors (Lipinski definition) is 5. The van der Waals surface area contributed by atoms with Crippen molar-refractivity contribution in [2.24, 2.45) is 0 Å². The van der Waals surface area contributed by atoms with Crippen LogP contribution in [0, 0.1) is 0 Å². The molecule has 0 saturated carbocycles. The highest BCUT2D eigenvalue weighted by molar-refractivity contribution is 8.14. The maximum absolute atomic E-state index is 11.4. The quantitative estimate of drug-likeness (QED) is 0.683. The average Bonchev–Trinajstić information content (AvgIpc) is 2.69. The number of aromatic nitrogens is 1. The lowest BCUT2D eigenvalue weighted by Gasteiger charge is -2.10. The van der Waals surface area contributed by atoms with Gasteiger partial charge in [0, 0.05) is 25.4 Å². The molecule has 0 aliphatic heterocycles. The number of carbonyl (C=O) groups excluding carboxylic acids is 2. The molecule has 0 aliphatic rings. The van der Waals surface area contributed by atoms with E-state index >= 15 is 0 Å². The van der Waals surface area contributed by atoms with Crippen LogP contribution in [0.2, 0.25) is 0 Å². The third-order valence-electron chi connectivity index (χ3n) is 3.90. The summed E-state index contributed by atoms with van der Waals surface area (Å²) in [6.07, 6.45) is 4.96. The van der Waals surface area contributed by atoms with Gasteiger partial charge in [-0.05, 0) is 42.2 Å². The molecule has 0 spiro atoms. The number of aryl methyl sites for hydroxylation is 1. The number of carbonyl (C=O) groups is 2. The smallest absolute Gasteiger partial charge is 0.279 e. The zero-order valence-electron chi connectivity index (χ0n) is 15.1. The molecule has 0 saturated heterocycles. The number of thioether (sulfide) groups is 1. The summed E-state index contributed by atoms with van der Waals surface area (Å²) < 4.78 is 5.76. The zero-order valence-corrected chi connectivity index (χ0v) is 15.9. The number of nitrogens with zero attached hydrogens (tertiary/aromatic N) is 1. The Labute approximate surface area is 158 Å². The van der Waals surface area contributed by atoms with E-state index in [0.29, 0.717) is 13.0 Å². The SMILES string of the molecule is CCc1ccc(CCOc2ccc(CC(C=O)SC(=O)NC)cc2)nc1. The number of ether oxygens (including phenoxy) is 1. The van der Waals surface area contributed by atoms with E-state index in [1.54, 1.807) is 7.05 Å². The Kier molecular flexibility index (Phi) is 8.15. The van der Waals surface area contributed by atoms with Crippen LogP contribution in [0.5, 0.6) is 5.75 Å². The third kappa shape index (κ3) is 6.52. The summed E-state index contributed by atoms with van der Waals surface area (Å²) in [5.74, 6) is 0.778. The predicted octanol–water partition coefficient (Wildman–Crippen LogP) is 3.45. The van der Waals surface area contributed by atoms with Crippen LogP contribution in [0.1, 0.15) is 23.7 Å². The second kappa shape index (κ2) is 10.6. The van der Waals surface area contributed by atoms with Crippen LogP contribution >= 0.6 is 11.8 Å². The minimum absolute atomic E-state index is 0.206. The van der Waals surface area contributed by atoms with Gasteiger partial charge in [-0.3, -0.25) is 9.78 Å². The van der Waals surface area contributed by atoms with Gasteiger partial charge < -0.3 is 14.8 Å². The van der Waals surface area contributed by atoms with E-state index in [1.165, 1.54) is 5.56 Å². The summed E-state index contributed by atoms with van der Waals surface area (Å²) in [6.45, 7) is 2.67. The standard InChI is InChI=1S/C20H24N2O3S/c1-3-15-4-7-17(22-13-15)10-11-25-18-8-5-16(6-9-18)12-19(14-23)26-20(24)21-2/h4-9,13-14,19H,3,10-12H2,1-2H3,(H,21,24). The second-order valence-electron chi connectivity index (χ2n) is 5.79. The van der Waals surface area contributed by atoms with Crippen LogP contribution in [0.3, 0.4) is 0 Å². The molecule has 0 radical (unpaired) electrons. The Hall–Kier alpha value is -2.34. The summed E-state index contributed by atoms with van der Waals surface area (Å²) in [5.41, 5.74) is 3.23. The van der Waals surface area contributed by atoms with E-state index in [9.17, 15) is 9.59 Å². The Morgan fingerprint density at radius 3 is 2.54 bits per heavy atom. The minimum atomic E-state index is -0.390. The minimum Gasteiger partial charge on any atom is -0.493 e. The summed E-state index contributed by atoms with van der Waals surface area (Å²) in [5, 5.41) is 1.91. The number of rotatable bonds is 9. The van der Waals surface area contributed by atoms with Gasteiger partial charge in [0.25, 0.3) is 5.24 Å². The number of benzene rings is 1. The van der Waals surface area contributed by atoms with Crippen molar-refractivity contribution in [1.82, 2.24) is 10.3 Å². The van der Waals surface area contributed by atoms with Crippen molar-refractivity contribution >= 4 is 23.3 Å². The van der Waals surface area contributed by atoms with E-state index < -0.39 is 0 Å². The van der Waals surface area contributed by atoms with Gasteiger partial charge in [-0.1, -0.05) is 36.9 Å². The van der Waals surface area contributed by atoms with Crippen LogP contribution in [-0.4, -0.2) is 35.4 Å². The highest BCUT2D eigenvalue weighted by Gasteiger charge is 2.13. The van der Waals surface area contributed by atoms with Crippen molar-refractivity contribution in [1.29, 1.82) is 0 Å². The molecule has 1 N–H and O–H groups in total. The molecule has 1 atom stereocenters. The lowest BCUT2D eigenvalue weighted by molar-refractivity contribution is -0.107. The molecule has 2 rings (SSSR count). The molecule has 1 heterocycles. The van der Waals surface area contributed by atoms with Gasteiger partial charge in [-0.2, -0.15) is 0 Å². The van der Waals surface area contributed by atoms with Gasteiger partial charge in [0.2, 0.25) is 0 Å². The van der Waals surface area contributed by atoms with Crippen LogP contribution < -0.4 is 10.1 Å². The Balaban J connectivity index is 1.80. The van der Waals surface area contributed by atoms with Crippen molar-refractivity contribution in [3.8, 4) is 5.75 Å². The maximum atomic E-state index is 11.4. The molecule has 1 aromatic carbocycles. The topological polar surface area (TPSA) is 68.3 Å². The van der Waals surface area contributed by atoms with Crippen molar-refractivity contribution in [2.45, 2.75) is 31.4 Å². The average molecular weight is 372 g/mol. The molecule has 26 heavy (non-hydrogen) atoms. The summed E-state index contributed by atoms with van der Waals surface area (Å²) >= 11 is 1.00. The molecule has 0 aliphatic carbocycles. The lowest BCUT2D eigenvalue weighted by Crippen LogP contribution is -2.18. The summed E-state index contributed by atoms with van der Waals surface area (Å²) in [7, 11) is 1.55. The number of amides is 1. The molecule has 1 unspecified atom stereocenters. The van der Waals surface area contributed by atoms with Gasteiger partial charge in [0.15, 0.2) is 0 Å². The highest BCUT2D eigenvalue weighted by atomic mass is 32.2. The first kappa shape index (κ1) is 20.0. The third-order valence-corrected chi connectivity index (χ3v) is 4.89. The monoisotopic (exact) mass is 372 g/mol. The Bertz CT molecular complexity index is 702. The summed E-state index contributed by atoms with van der Waals surface area (Å²) in [6, 6.07) is 11.7. The molecule has 1 amide bonds. The number of aldehydes is 1. The van der Waals surface area contributed by atoms with Crippen LogP contribution in [0.25, 0.3) is 0 Å². The number of pyridine rings is 1. The van der Waals surface area contributed by atoms with Gasteiger partial charge in [-0.15, -0.1) is 0 Å². The fraction of sp³-hybridized carbons (Fsp3) is 0.350. The molecular formula is C20H24N2O3S. The molecule has 1 aromatic heterocycles. The highest BCUT2D eigenvalue weighted by Crippen LogP contribution is 2.18. The van der Waals surface area contributed by atoms with E-state index in [4.69, 9.17) is 4.74 Å². The van der Waals surface area contributed by atoms with E-state index in [-0.39, 0.29) is 10.5 Å². The Morgan fingerprint density at radius 1 is 1.23 bits per heavy atom. The van der Waals surface area contributed by atoms with E-state index in [0.717, 1.165) is 47.9 Å². The van der Waals surface area contributed by atoms with Crippen molar-refractivity contribution in [3.63, 3.8) is 0 Å². The van der Waals surface area contributed by atoms with Crippen molar-refractivity contribution in [2.75, 3.05) is 13.7 Å². The molecule has 2 aromatic rings. The van der Waals surface area contributed by atoms with Crippen molar-refractivity contribution < 1.29 is 14.3 Å².